The summed E-state index contributed by atoms with van der Waals surface area (Å²) < 4.78 is 27.5. The van der Waals surface area contributed by atoms with Gasteiger partial charge in [0.05, 0.1) is 13.7 Å². The predicted molar refractivity (Wildman–Crippen MR) is 122 cm³/mol. The zero-order valence-corrected chi connectivity index (χ0v) is 19.2. The SMILES string of the molecule is COc1cc(-c2cc(=O)c3c(O)cc(O)cc3o2)ccc1O[C@@H]1O[C@H](CO)[C@@H](O)[C@H](O)[C@H]1OC(C)=O. The number of hydrogen-bond donors (Lipinski definition) is 5. The molecular weight excluding hydrogens is 480 g/mol. The van der Waals surface area contributed by atoms with Gasteiger partial charge in [-0.25, -0.2) is 0 Å². The number of fused-ring (bicyclic) bond motifs is 1. The Morgan fingerprint density at radius 3 is 2.47 bits per heavy atom. The monoisotopic (exact) mass is 504 g/mol. The minimum absolute atomic E-state index is 0.0308. The van der Waals surface area contributed by atoms with Crippen LogP contribution in [0.25, 0.3) is 22.3 Å². The smallest absolute Gasteiger partial charge is 0.303 e. The van der Waals surface area contributed by atoms with E-state index in [1.807, 2.05) is 0 Å². The van der Waals surface area contributed by atoms with Crippen molar-refractivity contribution in [3.05, 3.63) is 46.6 Å². The van der Waals surface area contributed by atoms with Crippen LogP contribution in [0.15, 0.2) is 45.6 Å². The van der Waals surface area contributed by atoms with Gasteiger partial charge in [0.1, 0.15) is 46.5 Å². The number of hydrogen-bond acceptors (Lipinski definition) is 12. The quantitative estimate of drug-likeness (QED) is 0.295. The highest BCUT2D eigenvalue weighted by molar-refractivity contribution is 5.86. The molecule has 3 aromatic rings. The van der Waals surface area contributed by atoms with E-state index in [0.29, 0.717) is 5.56 Å². The second kappa shape index (κ2) is 10.0. The lowest BCUT2D eigenvalue weighted by Crippen LogP contribution is -2.61. The number of phenolic OH excluding ortho intramolecular Hbond substituents is 2. The largest absolute Gasteiger partial charge is 0.508 e. The van der Waals surface area contributed by atoms with Crippen LogP contribution in [0.2, 0.25) is 0 Å². The van der Waals surface area contributed by atoms with Crippen molar-refractivity contribution in [1.82, 2.24) is 0 Å². The molecule has 5 N–H and O–H groups in total. The molecule has 1 aromatic heterocycles. The van der Waals surface area contributed by atoms with Gasteiger partial charge in [0.25, 0.3) is 0 Å². The van der Waals surface area contributed by atoms with Gasteiger partial charge < -0.3 is 48.9 Å². The van der Waals surface area contributed by atoms with Crippen molar-refractivity contribution >= 4 is 16.9 Å². The first-order chi connectivity index (χ1) is 17.1. The average molecular weight is 504 g/mol. The number of aliphatic hydroxyl groups excluding tert-OH is 3. The zero-order chi connectivity index (χ0) is 26.1. The van der Waals surface area contributed by atoms with Crippen molar-refractivity contribution in [1.29, 1.82) is 0 Å². The van der Waals surface area contributed by atoms with Crippen molar-refractivity contribution in [2.75, 3.05) is 13.7 Å². The summed E-state index contributed by atoms with van der Waals surface area (Å²) in [4.78, 5) is 24.1. The molecular formula is C24H24O12. The standard InChI is InChI=1S/C24H24O12/c1-10(26)33-23-22(31)21(30)19(9-25)36-24(23)35-15-4-3-11(5-17(15)32-2)16-8-14(29)20-13(28)6-12(27)7-18(20)34-16/h3-8,19,21-25,27-28,30-31H,9H2,1-2H3/t19-,21-,22+,23-,24-/m1/s1. The molecule has 12 nitrogen and oxygen atoms in total. The van der Waals surface area contributed by atoms with Crippen molar-refractivity contribution in [2.45, 2.75) is 37.6 Å². The summed E-state index contributed by atoms with van der Waals surface area (Å²) in [6.07, 6.45) is -7.16. The molecule has 2 heterocycles. The molecule has 0 aliphatic carbocycles. The second-order valence-electron chi connectivity index (χ2n) is 8.08. The number of aliphatic hydroxyl groups is 3. The van der Waals surface area contributed by atoms with Crippen LogP contribution in [0.4, 0.5) is 0 Å². The topological polar surface area (TPSA) is 185 Å². The summed E-state index contributed by atoms with van der Waals surface area (Å²) in [7, 11) is 1.35. The van der Waals surface area contributed by atoms with Crippen LogP contribution in [-0.2, 0) is 14.3 Å². The molecule has 1 aliphatic heterocycles. The number of esters is 1. The fourth-order valence-electron chi connectivity index (χ4n) is 3.91. The van der Waals surface area contributed by atoms with Crippen molar-refractivity contribution in [3.8, 4) is 34.3 Å². The Bertz CT molecular complexity index is 1330. The van der Waals surface area contributed by atoms with E-state index in [4.69, 9.17) is 23.4 Å². The molecule has 0 radical (unpaired) electrons. The number of carbonyl (C=O) groups excluding carboxylic acids is 1. The maximum Gasteiger partial charge on any atom is 0.303 e. The Labute approximate surface area is 203 Å². The normalized spacial score (nSPS) is 23.9. The van der Waals surface area contributed by atoms with Gasteiger partial charge in [-0.15, -0.1) is 0 Å². The van der Waals surface area contributed by atoms with E-state index >= 15 is 0 Å². The average Bonchev–Trinajstić information content (AvgIpc) is 2.82. The summed E-state index contributed by atoms with van der Waals surface area (Å²) in [6.45, 7) is 0.480. The number of rotatable bonds is 6. The van der Waals surface area contributed by atoms with Crippen LogP contribution in [0, 0.1) is 0 Å². The molecule has 1 fully saturated rings. The highest BCUT2D eigenvalue weighted by Crippen LogP contribution is 2.37. The highest BCUT2D eigenvalue weighted by Gasteiger charge is 2.47. The highest BCUT2D eigenvalue weighted by atomic mass is 16.7. The Balaban J connectivity index is 1.69. The summed E-state index contributed by atoms with van der Waals surface area (Å²) in [5, 5.41) is 49.6. The van der Waals surface area contributed by atoms with Gasteiger partial charge in [-0.05, 0) is 18.2 Å². The number of aromatic hydroxyl groups is 2. The van der Waals surface area contributed by atoms with Crippen molar-refractivity contribution in [2.24, 2.45) is 0 Å². The van der Waals surface area contributed by atoms with E-state index < -0.39 is 54.5 Å². The predicted octanol–water partition coefficient (Wildman–Crippen LogP) is 0.629. The van der Waals surface area contributed by atoms with Crippen LogP contribution < -0.4 is 14.9 Å². The summed E-state index contributed by atoms with van der Waals surface area (Å²) >= 11 is 0. The molecule has 0 bridgehead atoms. The lowest BCUT2D eigenvalue weighted by molar-refractivity contribution is -0.282. The molecule has 0 spiro atoms. The van der Waals surface area contributed by atoms with E-state index in [1.54, 1.807) is 0 Å². The van der Waals surface area contributed by atoms with Gasteiger partial charge in [-0.1, -0.05) is 0 Å². The maximum atomic E-state index is 12.5. The molecule has 0 amide bonds. The van der Waals surface area contributed by atoms with Gasteiger partial charge in [-0.3, -0.25) is 9.59 Å². The second-order valence-corrected chi connectivity index (χ2v) is 8.08. The fourth-order valence-corrected chi connectivity index (χ4v) is 3.91. The zero-order valence-electron chi connectivity index (χ0n) is 19.2. The van der Waals surface area contributed by atoms with E-state index in [2.05, 4.69) is 0 Å². The molecule has 1 aliphatic rings. The Hall–Kier alpha value is -3.84. The number of methoxy groups -OCH3 is 1. The van der Waals surface area contributed by atoms with E-state index in [1.165, 1.54) is 37.4 Å². The molecule has 36 heavy (non-hydrogen) atoms. The van der Waals surface area contributed by atoms with E-state index in [0.717, 1.165) is 13.0 Å². The maximum absolute atomic E-state index is 12.5. The van der Waals surface area contributed by atoms with Gasteiger partial charge >= 0.3 is 5.97 Å². The summed E-state index contributed by atoms with van der Waals surface area (Å²) in [5.74, 6) is -1.13. The third kappa shape index (κ3) is 4.79. The van der Waals surface area contributed by atoms with Crippen LogP contribution in [0.5, 0.6) is 23.0 Å². The summed E-state index contributed by atoms with van der Waals surface area (Å²) in [6, 6.07) is 7.82. The lowest BCUT2D eigenvalue weighted by atomic mass is 9.99. The van der Waals surface area contributed by atoms with Gasteiger partial charge in [0.15, 0.2) is 23.0 Å². The number of carbonyl (C=O) groups is 1. The minimum atomic E-state index is -1.60. The third-order valence-corrected chi connectivity index (χ3v) is 5.61. The summed E-state index contributed by atoms with van der Waals surface area (Å²) in [5.41, 5.74) is -0.187. The molecule has 12 heteroatoms. The molecule has 4 rings (SSSR count). The van der Waals surface area contributed by atoms with Crippen LogP contribution in [0.1, 0.15) is 6.92 Å². The number of phenols is 2. The van der Waals surface area contributed by atoms with Crippen molar-refractivity contribution < 1.29 is 53.7 Å². The molecule has 0 unspecified atom stereocenters. The molecule has 0 saturated carbocycles. The third-order valence-electron chi connectivity index (χ3n) is 5.61. The van der Waals surface area contributed by atoms with Crippen LogP contribution >= 0.6 is 0 Å². The van der Waals surface area contributed by atoms with Gasteiger partial charge in [0.2, 0.25) is 6.29 Å². The first-order valence-corrected chi connectivity index (χ1v) is 10.8. The minimum Gasteiger partial charge on any atom is -0.508 e. The van der Waals surface area contributed by atoms with E-state index in [9.17, 15) is 35.1 Å². The van der Waals surface area contributed by atoms with Crippen LogP contribution in [-0.4, -0.2) is 75.9 Å². The number of benzene rings is 2. The first-order valence-electron chi connectivity index (χ1n) is 10.8. The molecule has 192 valence electrons. The van der Waals surface area contributed by atoms with Crippen LogP contribution in [0.3, 0.4) is 0 Å². The molecule has 1 saturated heterocycles. The Kier molecular flexibility index (Phi) is 7.04. The van der Waals surface area contributed by atoms with Crippen molar-refractivity contribution in [3.63, 3.8) is 0 Å². The van der Waals surface area contributed by atoms with E-state index in [-0.39, 0.29) is 34.0 Å². The van der Waals surface area contributed by atoms with Gasteiger partial charge in [0, 0.05) is 30.7 Å². The Morgan fingerprint density at radius 1 is 1.06 bits per heavy atom. The lowest BCUT2D eigenvalue weighted by Gasteiger charge is -2.41. The number of ether oxygens (including phenoxy) is 4. The van der Waals surface area contributed by atoms with Gasteiger partial charge in [-0.2, -0.15) is 0 Å². The molecule has 2 aromatic carbocycles. The fraction of sp³-hybridized carbons (Fsp3) is 0.333. The Morgan fingerprint density at radius 2 is 1.81 bits per heavy atom. The first kappa shape index (κ1) is 25.3. The molecule has 5 atom stereocenters.